The summed E-state index contributed by atoms with van der Waals surface area (Å²) in [6, 6.07) is 24.1. The van der Waals surface area contributed by atoms with Gasteiger partial charge in [-0.15, -0.1) is 0 Å². The number of hydrogen-bond acceptors (Lipinski definition) is 1. The zero-order chi connectivity index (χ0) is 31.1. The van der Waals surface area contributed by atoms with Crippen LogP contribution in [-0.4, -0.2) is 15.0 Å². The van der Waals surface area contributed by atoms with Crippen molar-refractivity contribution < 1.29 is 0 Å². The normalized spacial score (nSPS) is 14.4. The van der Waals surface area contributed by atoms with Crippen LogP contribution in [0.25, 0.3) is 17.0 Å². The van der Waals surface area contributed by atoms with E-state index < -0.39 is 0 Å². The first-order valence-electron chi connectivity index (χ1n) is 16.5. The number of aliphatic imine (C=N–C) groups is 1. The van der Waals surface area contributed by atoms with Gasteiger partial charge in [0.1, 0.15) is 5.84 Å². The molecule has 0 aliphatic heterocycles. The van der Waals surface area contributed by atoms with Crippen LogP contribution in [0.2, 0.25) is 0 Å². The minimum Gasteiger partial charge on any atom is -0.285 e. The van der Waals surface area contributed by atoms with Crippen LogP contribution in [0, 0.1) is 13.8 Å². The van der Waals surface area contributed by atoms with E-state index in [1.807, 2.05) is 6.92 Å². The third-order valence-corrected chi connectivity index (χ3v) is 8.51. The first-order chi connectivity index (χ1) is 21.5. The summed E-state index contributed by atoms with van der Waals surface area (Å²) in [6.07, 6.45) is 15.3. The predicted octanol–water partition coefficient (Wildman–Crippen LogP) is 10.3. The molecule has 1 aliphatic rings. The second-order valence-electron chi connectivity index (χ2n) is 12.0. The molecule has 0 saturated carbocycles. The quantitative estimate of drug-likeness (QED) is 0.131. The Labute approximate surface area is 264 Å². The van der Waals surface area contributed by atoms with Gasteiger partial charge in [-0.3, -0.25) is 9.13 Å². The van der Waals surface area contributed by atoms with Crippen LogP contribution in [0.3, 0.4) is 0 Å². The molecule has 0 fully saturated rings. The van der Waals surface area contributed by atoms with Crippen LogP contribution in [0.15, 0.2) is 101 Å². The number of allylic oxidation sites excluding steroid dienone is 4. The third-order valence-electron chi connectivity index (χ3n) is 8.51. The van der Waals surface area contributed by atoms with Gasteiger partial charge in [0, 0.05) is 12.4 Å². The Hall–Kier alpha value is -4.18. The largest absolute Gasteiger partial charge is 0.285 e. The molecule has 0 N–H and O–H groups in total. The maximum absolute atomic E-state index is 5.39. The molecule has 5 rings (SSSR count). The minimum absolute atomic E-state index is 0.750. The Kier molecular flexibility index (Phi) is 10.3. The summed E-state index contributed by atoms with van der Waals surface area (Å²) in [4.78, 5) is 10.5. The zero-order valence-corrected chi connectivity index (χ0v) is 27.5. The lowest BCUT2D eigenvalue weighted by Crippen LogP contribution is -2.28. The Balaban J connectivity index is 1.85. The summed E-state index contributed by atoms with van der Waals surface area (Å²) in [5.41, 5.74) is 13.6. The molecule has 0 spiro atoms. The number of benzene rings is 3. The molecule has 4 nitrogen and oxygen atoms in total. The van der Waals surface area contributed by atoms with Gasteiger partial charge >= 0.3 is 0 Å². The summed E-state index contributed by atoms with van der Waals surface area (Å²) < 4.78 is 4.69. The van der Waals surface area contributed by atoms with Gasteiger partial charge < -0.3 is 0 Å². The standard InChI is InChI=1S/C40H48N4/c1-7-16-33-23-14-24-34(17-8-2)38(33)43-27-28-44(40(43)42-31(6)41-37-29(4)19-13-20-30(37)5)39-35(18-9-3)25-15-26-36(39)32-21-11-10-12-22-32/h10-14,19-25,27-28H,7-9,15-18,26H2,1-6H3. The molecule has 44 heavy (non-hydrogen) atoms. The number of amidine groups is 1. The smallest absolute Gasteiger partial charge is 0.220 e. The Morgan fingerprint density at radius 1 is 0.727 bits per heavy atom. The third kappa shape index (κ3) is 6.65. The van der Waals surface area contributed by atoms with Crippen LogP contribution >= 0.6 is 0 Å². The highest BCUT2D eigenvalue weighted by Gasteiger charge is 2.22. The van der Waals surface area contributed by atoms with E-state index >= 15 is 0 Å². The average molecular weight is 585 g/mol. The molecule has 0 atom stereocenters. The van der Waals surface area contributed by atoms with Gasteiger partial charge in [0.05, 0.1) is 17.1 Å². The zero-order valence-electron chi connectivity index (χ0n) is 27.5. The number of nitrogens with zero attached hydrogens (tertiary/aromatic N) is 4. The number of para-hydroxylation sites is 2. The van der Waals surface area contributed by atoms with Gasteiger partial charge in [-0.05, 0) is 91.8 Å². The van der Waals surface area contributed by atoms with E-state index in [0.717, 1.165) is 79.6 Å². The summed E-state index contributed by atoms with van der Waals surface area (Å²) >= 11 is 0. The molecule has 0 bridgehead atoms. The van der Waals surface area contributed by atoms with E-state index in [0.29, 0.717) is 0 Å². The van der Waals surface area contributed by atoms with E-state index in [1.165, 1.54) is 39.2 Å². The lowest BCUT2D eigenvalue weighted by Gasteiger charge is -2.24. The highest BCUT2D eigenvalue weighted by atomic mass is 15.2. The maximum Gasteiger partial charge on any atom is 0.220 e. The van der Waals surface area contributed by atoms with Crippen LogP contribution in [0.5, 0.6) is 0 Å². The Morgan fingerprint density at radius 3 is 1.98 bits per heavy atom. The molecule has 0 unspecified atom stereocenters. The van der Waals surface area contributed by atoms with Crippen molar-refractivity contribution in [1.29, 1.82) is 0 Å². The first kappa shape index (κ1) is 31.3. The first-order valence-corrected chi connectivity index (χ1v) is 16.5. The van der Waals surface area contributed by atoms with Gasteiger partial charge in [0.25, 0.3) is 0 Å². The molecule has 1 aliphatic carbocycles. The molecular weight excluding hydrogens is 536 g/mol. The summed E-state index contributed by atoms with van der Waals surface area (Å²) in [7, 11) is 0. The monoisotopic (exact) mass is 584 g/mol. The number of aromatic nitrogens is 2. The molecule has 1 aromatic heterocycles. The Bertz CT molecular complexity index is 1710. The van der Waals surface area contributed by atoms with Crippen molar-refractivity contribution in [2.45, 2.75) is 92.9 Å². The molecule has 0 saturated heterocycles. The number of aryl methyl sites for hydroxylation is 4. The van der Waals surface area contributed by atoms with Crippen molar-refractivity contribution in [3.63, 3.8) is 0 Å². The molecule has 228 valence electrons. The fourth-order valence-corrected chi connectivity index (χ4v) is 6.56. The molecule has 0 amide bonds. The number of imidazole rings is 1. The molecule has 4 aromatic rings. The van der Waals surface area contributed by atoms with Crippen LogP contribution in [0.1, 0.15) is 94.0 Å². The van der Waals surface area contributed by atoms with Crippen molar-refractivity contribution in [3.05, 3.63) is 124 Å². The summed E-state index contributed by atoms with van der Waals surface area (Å²) in [5, 5.41) is 0. The van der Waals surface area contributed by atoms with E-state index in [9.17, 15) is 0 Å². The second-order valence-corrected chi connectivity index (χ2v) is 12.0. The number of hydrogen-bond donors (Lipinski definition) is 0. The van der Waals surface area contributed by atoms with Gasteiger partial charge in [0.2, 0.25) is 5.62 Å². The molecule has 0 radical (unpaired) electrons. The van der Waals surface area contributed by atoms with Gasteiger partial charge in [0.15, 0.2) is 0 Å². The van der Waals surface area contributed by atoms with Crippen molar-refractivity contribution in [1.82, 2.24) is 9.13 Å². The van der Waals surface area contributed by atoms with E-state index in [-0.39, 0.29) is 0 Å². The van der Waals surface area contributed by atoms with E-state index in [2.05, 4.69) is 129 Å². The van der Waals surface area contributed by atoms with Gasteiger partial charge in [-0.25, -0.2) is 4.99 Å². The minimum atomic E-state index is 0.750. The van der Waals surface area contributed by atoms with Crippen molar-refractivity contribution in [3.8, 4) is 5.69 Å². The van der Waals surface area contributed by atoms with E-state index in [4.69, 9.17) is 9.98 Å². The van der Waals surface area contributed by atoms with Gasteiger partial charge in [-0.2, -0.15) is 4.99 Å². The van der Waals surface area contributed by atoms with Crippen molar-refractivity contribution in [2.24, 2.45) is 9.98 Å². The van der Waals surface area contributed by atoms with Crippen LogP contribution in [-0.2, 0) is 12.8 Å². The summed E-state index contributed by atoms with van der Waals surface area (Å²) in [5.74, 6) is 0.750. The fraction of sp³-hybridized carbons (Fsp3) is 0.350. The molecule has 1 heterocycles. The van der Waals surface area contributed by atoms with Crippen molar-refractivity contribution >= 4 is 22.8 Å². The second kappa shape index (κ2) is 14.5. The molecule has 4 heteroatoms. The van der Waals surface area contributed by atoms with Crippen LogP contribution < -0.4 is 5.62 Å². The van der Waals surface area contributed by atoms with E-state index in [1.54, 1.807) is 0 Å². The Morgan fingerprint density at radius 2 is 1.34 bits per heavy atom. The highest BCUT2D eigenvalue weighted by Crippen LogP contribution is 2.37. The SMILES string of the molecule is CCCC1=CCCC(c2ccccc2)=C1n1ccn(-c2c(CCC)cccc2CCC)c1=NC(C)=Nc1c(C)cccc1C. The van der Waals surface area contributed by atoms with Crippen molar-refractivity contribution in [2.75, 3.05) is 0 Å². The predicted molar refractivity (Wildman–Crippen MR) is 188 cm³/mol. The number of rotatable bonds is 10. The maximum atomic E-state index is 5.39. The lowest BCUT2D eigenvalue weighted by molar-refractivity contribution is 0.813. The topological polar surface area (TPSA) is 34.6 Å². The highest BCUT2D eigenvalue weighted by molar-refractivity contribution is 5.92. The van der Waals surface area contributed by atoms with Crippen LogP contribution in [0.4, 0.5) is 5.69 Å². The average Bonchev–Trinajstić information content (AvgIpc) is 3.42. The molecular formula is C40H48N4. The van der Waals surface area contributed by atoms with Gasteiger partial charge in [-0.1, -0.05) is 113 Å². The fourth-order valence-electron chi connectivity index (χ4n) is 6.56. The molecule has 3 aromatic carbocycles. The summed E-state index contributed by atoms with van der Waals surface area (Å²) in [6.45, 7) is 13.1. The lowest BCUT2D eigenvalue weighted by atomic mass is 9.89.